The molecule has 31 heavy (non-hydrogen) atoms. The van der Waals surface area contributed by atoms with Crippen molar-refractivity contribution in [3.8, 4) is 0 Å². The van der Waals surface area contributed by atoms with Crippen LogP contribution in [0.2, 0.25) is 0 Å². The SMILES string of the molecule is CC(=O)N[C@H]1[C@H]([C@H](O)[C@H](O)CO)OC(F)(C(=O)O)C(F)[C@@H]1NS(=O)(=O)c1ccccc1. The first-order valence-corrected chi connectivity index (χ1v) is 10.4. The monoisotopic (exact) mass is 468 g/mol. The number of ether oxygens (including phenoxy) is 1. The third-order valence-corrected chi connectivity index (χ3v) is 6.12. The summed E-state index contributed by atoms with van der Waals surface area (Å²) in [6.07, 6.45) is -9.59. The number of carbonyl (C=O) groups excluding carboxylic acids is 1. The molecular weight excluding hydrogens is 446 g/mol. The minimum absolute atomic E-state index is 0.373. The molecule has 1 amide bonds. The number of aliphatic carboxylic acids is 1. The molecule has 0 spiro atoms. The first-order chi connectivity index (χ1) is 14.3. The van der Waals surface area contributed by atoms with E-state index in [2.05, 4.69) is 10.1 Å². The van der Waals surface area contributed by atoms with E-state index in [4.69, 9.17) is 10.2 Å². The van der Waals surface area contributed by atoms with Crippen molar-refractivity contribution in [2.24, 2.45) is 0 Å². The molecule has 14 heteroatoms. The number of hydrogen-bond acceptors (Lipinski definition) is 8. The van der Waals surface area contributed by atoms with E-state index in [0.717, 1.165) is 19.1 Å². The zero-order valence-electron chi connectivity index (χ0n) is 16.1. The van der Waals surface area contributed by atoms with Crippen LogP contribution in [0.5, 0.6) is 0 Å². The summed E-state index contributed by atoms with van der Waals surface area (Å²) in [6.45, 7) is -0.143. The second-order valence-electron chi connectivity index (χ2n) is 6.86. The molecule has 0 aliphatic carbocycles. The summed E-state index contributed by atoms with van der Waals surface area (Å²) in [5.74, 6) is -7.51. The van der Waals surface area contributed by atoms with Crippen LogP contribution in [0.1, 0.15) is 6.92 Å². The number of hydrogen-bond donors (Lipinski definition) is 6. The summed E-state index contributed by atoms with van der Waals surface area (Å²) in [6, 6.07) is 2.29. The Bertz CT molecular complexity index is 904. The van der Waals surface area contributed by atoms with Gasteiger partial charge in [-0.1, -0.05) is 18.2 Å². The molecule has 11 nitrogen and oxygen atoms in total. The van der Waals surface area contributed by atoms with E-state index in [0.29, 0.717) is 0 Å². The number of carbonyl (C=O) groups is 2. The topological polar surface area (TPSA) is 182 Å². The maximum absolute atomic E-state index is 15.1. The van der Waals surface area contributed by atoms with Gasteiger partial charge in [-0.3, -0.25) is 4.79 Å². The number of carboxylic acid groups (broad SMARTS) is 1. The van der Waals surface area contributed by atoms with Crippen LogP contribution in [0.25, 0.3) is 0 Å². The normalized spacial score (nSPS) is 30.9. The predicted molar refractivity (Wildman–Crippen MR) is 98.5 cm³/mol. The van der Waals surface area contributed by atoms with Gasteiger partial charge in [0.25, 0.3) is 0 Å². The molecule has 1 aromatic carbocycles. The van der Waals surface area contributed by atoms with Gasteiger partial charge < -0.3 is 30.5 Å². The zero-order valence-corrected chi connectivity index (χ0v) is 16.9. The fourth-order valence-corrected chi connectivity index (χ4v) is 4.39. The number of alkyl halides is 2. The highest BCUT2D eigenvalue weighted by atomic mass is 32.2. The Hall–Kier alpha value is -2.23. The number of aliphatic hydroxyl groups excluding tert-OH is 3. The molecular formula is C17H22F2N2O9S. The second kappa shape index (κ2) is 9.50. The molecule has 174 valence electrons. The number of aliphatic hydroxyl groups is 3. The third-order valence-electron chi connectivity index (χ3n) is 4.64. The molecule has 7 atom stereocenters. The van der Waals surface area contributed by atoms with E-state index >= 15 is 8.78 Å². The largest absolute Gasteiger partial charge is 0.477 e. The van der Waals surface area contributed by atoms with Gasteiger partial charge >= 0.3 is 11.8 Å². The fraction of sp³-hybridized carbons (Fsp3) is 0.529. The van der Waals surface area contributed by atoms with Gasteiger partial charge in [0.15, 0.2) is 6.17 Å². The summed E-state index contributed by atoms with van der Waals surface area (Å²) >= 11 is 0. The van der Waals surface area contributed by atoms with Crippen molar-refractivity contribution >= 4 is 21.9 Å². The van der Waals surface area contributed by atoms with E-state index < -0.39 is 70.9 Å². The minimum atomic E-state index is -4.56. The van der Waals surface area contributed by atoms with Gasteiger partial charge in [0, 0.05) is 6.92 Å². The minimum Gasteiger partial charge on any atom is -0.477 e. The van der Waals surface area contributed by atoms with Crippen LogP contribution in [-0.2, 0) is 24.3 Å². The van der Waals surface area contributed by atoms with Crippen molar-refractivity contribution in [2.45, 2.75) is 54.2 Å². The number of nitrogens with one attached hydrogen (secondary N) is 2. The van der Waals surface area contributed by atoms with Crippen LogP contribution >= 0.6 is 0 Å². The van der Waals surface area contributed by atoms with Crippen LogP contribution in [-0.4, -0.2) is 89.7 Å². The van der Waals surface area contributed by atoms with Gasteiger partial charge in [0.05, 0.1) is 23.6 Å². The molecule has 1 aromatic rings. The number of benzene rings is 1. The molecule has 0 radical (unpaired) electrons. The van der Waals surface area contributed by atoms with Gasteiger partial charge in [-0.05, 0) is 12.1 Å². The Morgan fingerprint density at radius 2 is 1.81 bits per heavy atom. The lowest BCUT2D eigenvalue weighted by molar-refractivity contribution is -0.277. The molecule has 1 aliphatic heterocycles. The lowest BCUT2D eigenvalue weighted by Gasteiger charge is -2.47. The Kier molecular flexibility index (Phi) is 7.67. The van der Waals surface area contributed by atoms with Gasteiger partial charge in [0.2, 0.25) is 15.9 Å². The Labute approximate surface area is 175 Å². The molecule has 0 saturated carbocycles. The molecule has 1 aliphatic rings. The van der Waals surface area contributed by atoms with Crippen molar-refractivity contribution in [2.75, 3.05) is 6.61 Å². The van der Waals surface area contributed by atoms with Gasteiger partial charge in [-0.2, -0.15) is 4.39 Å². The van der Waals surface area contributed by atoms with E-state index in [1.807, 2.05) is 4.72 Å². The van der Waals surface area contributed by atoms with Crippen LogP contribution in [0.4, 0.5) is 8.78 Å². The molecule has 0 aromatic heterocycles. The molecule has 1 heterocycles. The lowest BCUT2D eigenvalue weighted by atomic mass is 9.86. The summed E-state index contributed by atoms with van der Waals surface area (Å²) < 4.78 is 61.8. The first kappa shape index (κ1) is 25.0. The first-order valence-electron chi connectivity index (χ1n) is 8.90. The van der Waals surface area contributed by atoms with Crippen molar-refractivity contribution < 1.29 is 52.0 Å². The molecule has 1 saturated heterocycles. The second-order valence-corrected chi connectivity index (χ2v) is 8.58. The molecule has 2 rings (SSSR count). The summed E-state index contributed by atoms with van der Waals surface area (Å²) in [5.41, 5.74) is 0. The standard InChI is InChI=1S/C17H22F2N2O9S/c1-8(23)20-11-12(21-31(28,29)9-5-3-2-4-6-9)15(18)17(19,16(26)27)30-14(11)13(25)10(24)7-22/h2-6,10-15,21-22,24-25H,7H2,1H3,(H,20,23)(H,26,27)/t10-,11-,12-,13-,14-,15?,17?/m1/s1. The number of halogens is 2. The van der Waals surface area contributed by atoms with Crippen molar-refractivity contribution in [3.63, 3.8) is 0 Å². The highest BCUT2D eigenvalue weighted by molar-refractivity contribution is 7.89. The van der Waals surface area contributed by atoms with Gasteiger partial charge in [-0.15, -0.1) is 0 Å². The van der Waals surface area contributed by atoms with Crippen molar-refractivity contribution in [1.29, 1.82) is 0 Å². The predicted octanol–water partition coefficient (Wildman–Crippen LogP) is -1.96. The molecule has 6 N–H and O–H groups in total. The van der Waals surface area contributed by atoms with Crippen molar-refractivity contribution in [1.82, 2.24) is 10.0 Å². The zero-order chi connectivity index (χ0) is 23.6. The highest BCUT2D eigenvalue weighted by Gasteiger charge is 2.63. The number of amides is 1. The maximum Gasteiger partial charge on any atom is 0.372 e. The average Bonchev–Trinajstić information content (AvgIpc) is 2.72. The van der Waals surface area contributed by atoms with Crippen LogP contribution < -0.4 is 10.0 Å². The van der Waals surface area contributed by atoms with E-state index in [9.17, 15) is 28.2 Å². The van der Waals surface area contributed by atoms with Gasteiger partial charge in [-0.25, -0.2) is 22.3 Å². The summed E-state index contributed by atoms with van der Waals surface area (Å²) in [5, 5.41) is 40.2. The maximum atomic E-state index is 15.1. The molecule has 1 fully saturated rings. The van der Waals surface area contributed by atoms with Crippen LogP contribution in [0, 0.1) is 0 Å². The smallest absolute Gasteiger partial charge is 0.372 e. The van der Waals surface area contributed by atoms with Gasteiger partial charge in [0.1, 0.15) is 18.3 Å². The fourth-order valence-electron chi connectivity index (χ4n) is 3.12. The Morgan fingerprint density at radius 3 is 2.29 bits per heavy atom. The van der Waals surface area contributed by atoms with E-state index in [1.54, 1.807) is 0 Å². The van der Waals surface area contributed by atoms with Crippen LogP contribution in [0.3, 0.4) is 0 Å². The van der Waals surface area contributed by atoms with Crippen molar-refractivity contribution in [3.05, 3.63) is 30.3 Å². The highest BCUT2D eigenvalue weighted by Crippen LogP contribution is 2.36. The summed E-state index contributed by atoms with van der Waals surface area (Å²) in [4.78, 5) is 22.7. The molecule has 2 unspecified atom stereocenters. The van der Waals surface area contributed by atoms with E-state index in [1.165, 1.54) is 18.2 Å². The average molecular weight is 468 g/mol. The summed E-state index contributed by atoms with van der Waals surface area (Å²) in [7, 11) is -4.56. The quantitative estimate of drug-likeness (QED) is 0.252. The Morgan fingerprint density at radius 1 is 1.23 bits per heavy atom. The Balaban J connectivity index is 2.57. The number of carboxylic acids is 1. The number of sulfonamides is 1. The van der Waals surface area contributed by atoms with Crippen LogP contribution in [0.15, 0.2) is 35.2 Å². The third kappa shape index (κ3) is 5.16. The molecule has 0 bridgehead atoms. The lowest BCUT2D eigenvalue weighted by Crippen LogP contribution is -2.74. The number of rotatable bonds is 8. The van der Waals surface area contributed by atoms with E-state index in [-0.39, 0.29) is 4.90 Å².